The Morgan fingerprint density at radius 2 is 0.698 bits per heavy atom. The third kappa shape index (κ3) is 10.1. The summed E-state index contributed by atoms with van der Waals surface area (Å²) >= 11 is 0. The summed E-state index contributed by atoms with van der Waals surface area (Å²) in [5.41, 5.74) is 36.3. The maximum atomic E-state index is 13.3. The SMILES string of the molecule is Cc1cc(-c2cc3c(cc2C)-c2cccnc2C32CCCC2)[n+](C)cc1-c1ccccc1.Cc1cc2c(cc1-c1ccc(-c3ccc(F)cc3)c[n+]1C)C1(CCCC1)c1ncccc1-2.[2H]C([2H])([2H])c1ccc(-c2ccc(-c3cc4c(cc3C)-c3cccnc3C43CCCC3)[n+](C)c2)cc1. The van der Waals surface area contributed by atoms with E-state index in [2.05, 4.69) is 215 Å². The Morgan fingerprint density at radius 3 is 1.09 bits per heavy atom. The molecule has 474 valence electrons. The number of fused-ring (bicyclic) bond motifs is 15. The van der Waals surface area contributed by atoms with Crippen molar-refractivity contribution in [3.63, 3.8) is 0 Å². The molecule has 18 rings (SSSR count). The van der Waals surface area contributed by atoms with E-state index in [-0.39, 0.29) is 22.1 Å². The predicted octanol–water partition coefficient (Wildman–Crippen LogP) is 19.9. The highest BCUT2D eigenvalue weighted by atomic mass is 19.1. The molecule has 6 aliphatic rings. The molecule has 6 aliphatic carbocycles. The summed E-state index contributed by atoms with van der Waals surface area (Å²) < 4.78 is 42.8. The van der Waals surface area contributed by atoms with Crippen LogP contribution >= 0.6 is 0 Å². The van der Waals surface area contributed by atoms with E-state index in [1.54, 1.807) is 12.1 Å². The zero-order valence-electron chi connectivity index (χ0n) is 59.3. The largest absolute Gasteiger partial charge is 0.260 e. The molecule has 6 aromatic carbocycles. The lowest BCUT2D eigenvalue weighted by molar-refractivity contribution is -0.660. The lowest BCUT2D eigenvalue weighted by Gasteiger charge is -2.25. The number of hydrogen-bond donors (Lipinski definition) is 0. The van der Waals surface area contributed by atoms with Crippen LogP contribution in [0, 0.1) is 40.4 Å². The van der Waals surface area contributed by atoms with E-state index in [0.717, 1.165) is 22.3 Å². The molecule has 0 aliphatic heterocycles. The van der Waals surface area contributed by atoms with Gasteiger partial charge in [0, 0.05) is 107 Å². The minimum Gasteiger partial charge on any atom is -0.260 e. The second-order valence-corrected chi connectivity index (χ2v) is 28.3. The molecule has 7 heteroatoms. The van der Waals surface area contributed by atoms with Crippen LogP contribution < -0.4 is 13.7 Å². The van der Waals surface area contributed by atoms with Crippen LogP contribution in [0.2, 0.25) is 0 Å². The topological polar surface area (TPSA) is 50.3 Å². The van der Waals surface area contributed by atoms with Crippen LogP contribution in [0.4, 0.5) is 4.39 Å². The Kier molecular flexibility index (Phi) is 14.5. The molecule has 3 spiro atoms. The smallest absolute Gasteiger partial charge is 0.212 e. The molecule has 0 bridgehead atoms. The van der Waals surface area contributed by atoms with Crippen LogP contribution in [-0.4, -0.2) is 15.0 Å². The average Bonchev–Trinajstić information content (AvgIpc) is 1.57. The Morgan fingerprint density at radius 1 is 0.333 bits per heavy atom. The maximum absolute atomic E-state index is 13.3. The van der Waals surface area contributed by atoms with Crippen molar-refractivity contribution in [1.82, 2.24) is 15.0 Å². The molecule has 12 aromatic rings. The van der Waals surface area contributed by atoms with Gasteiger partial charge in [0.25, 0.3) is 0 Å². The number of nitrogens with zero attached hydrogens (tertiary/aromatic N) is 6. The normalized spacial score (nSPS) is 16.3. The summed E-state index contributed by atoms with van der Waals surface area (Å²) in [6.45, 7) is 6.81. The Hall–Kier alpha value is -9.85. The van der Waals surface area contributed by atoms with Gasteiger partial charge in [-0.1, -0.05) is 147 Å². The summed E-state index contributed by atoms with van der Waals surface area (Å²) in [6.07, 6.45) is 27.2. The van der Waals surface area contributed by atoms with E-state index in [4.69, 9.17) is 19.1 Å². The molecule has 3 saturated carbocycles. The first kappa shape index (κ1) is 57.6. The highest BCUT2D eigenvalue weighted by Gasteiger charge is 2.50. The fraction of sp³-hybridized carbons (Fsp3) is 0.258. The molecular formula is C89H84FN6+3. The minimum atomic E-state index is -2.08. The van der Waals surface area contributed by atoms with Gasteiger partial charge in [-0.05, 0) is 206 Å². The highest BCUT2D eigenvalue weighted by Crippen LogP contribution is 2.60. The van der Waals surface area contributed by atoms with Gasteiger partial charge in [-0.25, -0.2) is 18.1 Å². The van der Waals surface area contributed by atoms with Gasteiger partial charge in [0.2, 0.25) is 17.1 Å². The molecule has 0 radical (unpaired) electrons. The molecular weight excluding hydrogens is 1170 g/mol. The Balaban J connectivity index is 0.000000116. The number of rotatable bonds is 6. The predicted molar refractivity (Wildman–Crippen MR) is 387 cm³/mol. The van der Waals surface area contributed by atoms with Crippen molar-refractivity contribution in [3.8, 4) is 101 Å². The first-order valence-corrected chi connectivity index (χ1v) is 34.7. The van der Waals surface area contributed by atoms with Gasteiger partial charge < -0.3 is 0 Å². The van der Waals surface area contributed by atoms with Crippen LogP contribution in [0.15, 0.2) is 219 Å². The van der Waals surface area contributed by atoms with E-state index >= 15 is 0 Å². The Bertz CT molecular complexity index is 5170. The van der Waals surface area contributed by atoms with Crippen molar-refractivity contribution in [1.29, 1.82) is 0 Å². The van der Waals surface area contributed by atoms with Gasteiger partial charge in [-0.15, -0.1) is 0 Å². The van der Waals surface area contributed by atoms with Crippen molar-refractivity contribution in [2.24, 2.45) is 21.1 Å². The van der Waals surface area contributed by atoms with Crippen LogP contribution in [0.5, 0.6) is 0 Å². The number of halogens is 1. The standard InChI is InChI=1S/2C30H29N2.C29H26FN2/c1-20-8-10-22(11-9-20)23-12-13-28(32(3)19-23)25-18-27-26(17-21(25)2)24-7-6-16-31-29(24)30(27)14-4-5-15-30;1-20-16-25-23-12-9-15-31-29(23)30(13-7-8-14-30)27(25)18-24(20)28-17-21(2)26(19-32(28)3)22-10-5-4-6-11-22;1-19-16-25-23-6-5-15-31-28(23)29(13-3-4-14-29)26(25)17-24(19)27-12-9-21(18-32(27)2)20-7-10-22(30)11-8-20/h6-13,16-19H,4-5,14-15H2,1-3H3;4-6,9-12,15-19H,7-8,13-14H2,1-3H3;5-12,15-18H,3-4,13-14H2,1-2H3/q3*+1/i1D3;;. The first-order valence-electron chi connectivity index (χ1n) is 36.2. The summed E-state index contributed by atoms with van der Waals surface area (Å²) in [5, 5.41) is 0. The molecule has 3 fully saturated rings. The van der Waals surface area contributed by atoms with Crippen LogP contribution in [0.25, 0.3) is 101 Å². The molecule has 6 nitrogen and oxygen atoms in total. The fourth-order valence-corrected chi connectivity index (χ4v) is 18.0. The second-order valence-electron chi connectivity index (χ2n) is 28.3. The van der Waals surface area contributed by atoms with Crippen molar-refractivity contribution < 1.29 is 22.2 Å². The molecule has 6 heterocycles. The average molecular weight is 1260 g/mol. The maximum Gasteiger partial charge on any atom is 0.212 e. The third-order valence-electron chi connectivity index (χ3n) is 22.7. The number of hydrogen-bond acceptors (Lipinski definition) is 3. The number of benzene rings is 6. The summed E-state index contributed by atoms with van der Waals surface area (Å²) in [5.74, 6) is -0.208. The lowest BCUT2D eigenvalue weighted by atomic mass is 9.78. The zero-order valence-corrected chi connectivity index (χ0v) is 56.3. The summed E-state index contributed by atoms with van der Waals surface area (Å²) in [4.78, 5) is 14.7. The number of pyridine rings is 6. The lowest BCUT2D eigenvalue weighted by Crippen LogP contribution is -2.31. The Labute approximate surface area is 570 Å². The molecule has 0 amide bonds. The zero-order chi connectivity index (χ0) is 68.1. The van der Waals surface area contributed by atoms with E-state index in [1.807, 2.05) is 42.9 Å². The highest BCUT2D eigenvalue weighted by molar-refractivity contribution is 5.87. The van der Waals surface area contributed by atoms with Crippen LogP contribution in [0.1, 0.15) is 143 Å². The molecule has 6 aromatic heterocycles. The van der Waals surface area contributed by atoms with Gasteiger partial charge in [0.05, 0.1) is 17.1 Å². The summed E-state index contributed by atoms with van der Waals surface area (Å²) in [7, 11) is 6.36. The summed E-state index contributed by atoms with van der Waals surface area (Å²) in [6, 6.07) is 63.0. The fourth-order valence-electron chi connectivity index (χ4n) is 18.0. The van der Waals surface area contributed by atoms with Crippen molar-refractivity contribution >= 4 is 0 Å². The van der Waals surface area contributed by atoms with E-state index in [1.165, 1.54) is 223 Å². The quantitative estimate of drug-likeness (QED) is 0.156. The second kappa shape index (κ2) is 24.1. The number of aryl methyl sites for hydroxylation is 8. The van der Waals surface area contributed by atoms with E-state index in [9.17, 15) is 4.39 Å². The van der Waals surface area contributed by atoms with Gasteiger partial charge in [-0.3, -0.25) is 15.0 Å². The third-order valence-corrected chi connectivity index (χ3v) is 22.7. The van der Waals surface area contributed by atoms with E-state index < -0.39 is 6.85 Å². The van der Waals surface area contributed by atoms with Gasteiger partial charge >= 0.3 is 0 Å². The van der Waals surface area contributed by atoms with E-state index in [0.29, 0.717) is 5.56 Å². The number of aromatic nitrogens is 6. The molecule has 0 saturated heterocycles. The molecule has 0 unspecified atom stereocenters. The molecule has 96 heavy (non-hydrogen) atoms. The first-order chi connectivity index (χ1) is 47.9. The van der Waals surface area contributed by atoms with Crippen molar-refractivity contribution in [3.05, 3.63) is 287 Å². The van der Waals surface area contributed by atoms with Crippen molar-refractivity contribution in [2.45, 2.75) is 128 Å². The molecule has 0 atom stereocenters. The van der Waals surface area contributed by atoms with Gasteiger partial charge in [0.15, 0.2) is 18.6 Å². The minimum absolute atomic E-state index is 0.0530. The molecule has 0 N–H and O–H groups in total. The van der Waals surface area contributed by atoms with Crippen LogP contribution in [-0.2, 0) is 37.4 Å². The van der Waals surface area contributed by atoms with Crippen molar-refractivity contribution in [2.75, 3.05) is 0 Å². The van der Waals surface area contributed by atoms with Gasteiger partial charge in [0.1, 0.15) is 27.0 Å². The van der Waals surface area contributed by atoms with Crippen LogP contribution in [0.3, 0.4) is 0 Å². The van der Waals surface area contributed by atoms with Gasteiger partial charge in [-0.2, -0.15) is 0 Å². The monoisotopic (exact) mass is 1260 g/mol.